The van der Waals surface area contributed by atoms with E-state index in [9.17, 15) is 9.59 Å². The minimum atomic E-state index is -0.504. The molecule has 0 spiro atoms. The first-order valence-electron chi connectivity index (χ1n) is 12.2. The van der Waals surface area contributed by atoms with Crippen molar-refractivity contribution < 1.29 is 18.7 Å². The second-order valence-electron chi connectivity index (χ2n) is 10.1. The Morgan fingerprint density at radius 3 is 2.68 bits per heavy atom. The van der Waals surface area contributed by atoms with E-state index in [-0.39, 0.29) is 23.0 Å². The fourth-order valence-corrected chi connectivity index (χ4v) is 5.07. The third-order valence-corrected chi connectivity index (χ3v) is 7.19. The van der Waals surface area contributed by atoms with Crippen molar-refractivity contribution in [2.75, 3.05) is 16.9 Å². The van der Waals surface area contributed by atoms with E-state index in [1.807, 2.05) is 33.0 Å². The highest BCUT2D eigenvalue weighted by atomic mass is 35.5. The van der Waals surface area contributed by atoms with Crippen molar-refractivity contribution in [3.63, 3.8) is 0 Å². The van der Waals surface area contributed by atoms with Crippen molar-refractivity contribution in [1.29, 1.82) is 0 Å². The van der Waals surface area contributed by atoms with Crippen LogP contribution in [0.1, 0.15) is 54.6 Å². The van der Waals surface area contributed by atoms with Gasteiger partial charge in [-0.05, 0) is 61.1 Å². The van der Waals surface area contributed by atoms with Gasteiger partial charge < -0.3 is 14.1 Å². The van der Waals surface area contributed by atoms with Gasteiger partial charge in [0.25, 0.3) is 5.95 Å². The number of hydrogen-bond donors (Lipinski definition) is 2. The van der Waals surface area contributed by atoms with Crippen molar-refractivity contribution in [3.05, 3.63) is 57.9 Å². The van der Waals surface area contributed by atoms with Gasteiger partial charge in [-0.3, -0.25) is 25.1 Å². The molecule has 2 N–H and O–H groups in total. The Balaban J connectivity index is 1.31. The van der Waals surface area contributed by atoms with Gasteiger partial charge in [-0.2, -0.15) is 5.10 Å². The number of nitrogens with zero attached hydrogens (tertiary/aromatic N) is 4. The van der Waals surface area contributed by atoms with Gasteiger partial charge >= 0.3 is 5.91 Å². The Labute approximate surface area is 224 Å². The minimum Gasteiger partial charge on any atom is -0.424 e. The molecule has 0 saturated carbocycles. The zero-order valence-electron chi connectivity index (χ0n) is 22.1. The molecule has 5 rings (SSSR count). The number of rotatable bonds is 5. The summed E-state index contributed by atoms with van der Waals surface area (Å²) in [5.74, 6) is 0.451. The highest BCUT2D eigenvalue weighted by Crippen LogP contribution is 2.45. The number of anilines is 2. The number of carbonyl (C=O) groups excluding carboxylic acids is 2. The number of halogens is 1. The first-order chi connectivity index (χ1) is 17.9. The van der Waals surface area contributed by atoms with E-state index in [0.29, 0.717) is 28.8 Å². The summed E-state index contributed by atoms with van der Waals surface area (Å²) in [5, 5.41) is 5.72. The fourth-order valence-electron chi connectivity index (χ4n) is 4.87. The number of furan rings is 1. The normalized spacial score (nSPS) is 14.3. The molecule has 0 radical (unpaired) electrons. The van der Waals surface area contributed by atoms with E-state index in [1.165, 1.54) is 6.07 Å². The standard InChI is InChI=1S/C27H29ClN6O4/c1-14-11-22(29-25-24(14)15(2)32-33(25)6)30-31-26(36)20-7-8-23(37-20)38-21-12-17-19(13-18(21)28)34(16(3)35)10-9-27(17,4)5/h7-8,11-13H,9-10H2,1-6H3,(H,29,30)(H,31,36). The smallest absolute Gasteiger partial charge is 0.305 e. The molecule has 4 heterocycles. The van der Waals surface area contributed by atoms with Crippen LogP contribution in [0, 0.1) is 13.8 Å². The molecule has 0 aliphatic carbocycles. The van der Waals surface area contributed by atoms with Crippen LogP contribution in [-0.4, -0.2) is 33.1 Å². The average Bonchev–Trinajstić information content (AvgIpc) is 3.42. The molecule has 198 valence electrons. The number of pyridine rings is 1. The number of nitrogens with one attached hydrogen (secondary N) is 2. The topological polar surface area (TPSA) is 115 Å². The SMILES string of the molecule is CC(=O)N1CCC(C)(C)c2cc(Oc3ccc(C(=O)NNc4cc(C)c5c(C)nn(C)c5n4)o3)c(Cl)cc21. The van der Waals surface area contributed by atoms with Crippen molar-refractivity contribution >= 4 is 46.0 Å². The van der Waals surface area contributed by atoms with Gasteiger partial charge in [0.15, 0.2) is 11.4 Å². The minimum absolute atomic E-state index is 0.0394. The maximum atomic E-state index is 12.7. The Hall–Kier alpha value is -4.05. The molecular weight excluding hydrogens is 508 g/mol. The molecular formula is C27H29ClN6O4. The summed E-state index contributed by atoms with van der Waals surface area (Å²) in [5.41, 5.74) is 9.58. The maximum absolute atomic E-state index is 12.7. The highest BCUT2D eigenvalue weighted by Gasteiger charge is 2.34. The molecule has 11 heteroatoms. The largest absolute Gasteiger partial charge is 0.424 e. The van der Waals surface area contributed by atoms with Crippen LogP contribution < -0.4 is 20.5 Å². The van der Waals surface area contributed by atoms with Gasteiger partial charge in [-0.1, -0.05) is 25.4 Å². The highest BCUT2D eigenvalue weighted by molar-refractivity contribution is 6.32. The van der Waals surface area contributed by atoms with Crippen LogP contribution in [0.5, 0.6) is 11.7 Å². The Bertz CT molecular complexity index is 1590. The van der Waals surface area contributed by atoms with Crippen LogP contribution in [0.15, 0.2) is 34.7 Å². The molecule has 3 aromatic heterocycles. The predicted molar refractivity (Wildman–Crippen MR) is 145 cm³/mol. The second kappa shape index (κ2) is 9.36. The summed E-state index contributed by atoms with van der Waals surface area (Å²) in [6, 6.07) is 8.46. The number of benzene rings is 1. The third kappa shape index (κ3) is 4.56. The quantitative estimate of drug-likeness (QED) is 0.327. The lowest BCUT2D eigenvalue weighted by Crippen LogP contribution is -2.39. The van der Waals surface area contributed by atoms with Crippen molar-refractivity contribution in [3.8, 4) is 11.7 Å². The van der Waals surface area contributed by atoms with E-state index in [2.05, 4.69) is 34.8 Å². The number of hydrazine groups is 1. The van der Waals surface area contributed by atoms with E-state index < -0.39 is 5.91 Å². The summed E-state index contributed by atoms with van der Waals surface area (Å²) < 4.78 is 13.2. The fraction of sp³-hybridized carbons (Fsp3) is 0.333. The number of aromatic nitrogens is 3. The van der Waals surface area contributed by atoms with Crippen molar-refractivity contribution in [2.45, 2.75) is 46.5 Å². The van der Waals surface area contributed by atoms with Crippen molar-refractivity contribution in [2.24, 2.45) is 7.05 Å². The number of fused-ring (bicyclic) bond motifs is 2. The molecule has 4 aromatic rings. The van der Waals surface area contributed by atoms with E-state index in [4.69, 9.17) is 20.8 Å². The molecule has 2 amide bonds. The predicted octanol–water partition coefficient (Wildman–Crippen LogP) is 5.41. The van der Waals surface area contributed by atoms with Crippen LogP contribution in [-0.2, 0) is 17.3 Å². The van der Waals surface area contributed by atoms with Gasteiger partial charge in [0.1, 0.15) is 11.6 Å². The Kier molecular flexibility index (Phi) is 6.30. The monoisotopic (exact) mass is 536 g/mol. The molecule has 38 heavy (non-hydrogen) atoms. The molecule has 0 atom stereocenters. The molecule has 0 fully saturated rings. The van der Waals surface area contributed by atoms with Gasteiger partial charge in [-0.15, -0.1) is 0 Å². The maximum Gasteiger partial charge on any atom is 0.305 e. The molecule has 1 aliphatic rings. The third-order valence-electron chi connectivity index (χ3n) is 6.90. The molecule has 1 aliphatic heterocycles. The van der Waals surface area contributed by atoms with E-state index >= 15 is 0 Å². The molecule has 1 aromatic carbocycles. The average molecular weight is 537 g/mol. The van der Waals surface area contributed by atoms with E-state index in [0.717, 1.165) is 34.3 Å². The number of carbonyl (C=O) groups is 2. The first kappa shape index (κ1) is 25.6. The van der Waals surface area contributed by atoms with E-state index in [1.54, 1.807) is 28.6 Å². The zero-order chi connectivity index (χ0) is 27.4. The number of amides is 2. The zero-order valence-corrected chi connectivity index (χ0v) is 22.9. The number of ether oxygens (including phenoxy) is 1. The lowest BCUT2D eigenvalue weighted by Gasteiger charge is -2.39. The van der Waals surface area contributed by atoms with Crippen molar-refractivity contribution in [1.82, 2.24) is 20.2 Å². The number of hydrogen-bond acceptors (Lipinski definition) is 7. The van der Waals surface area contributed by atoms with Crippen LogP contribution in [0.25, 0.3) is 11.0 Å². The van der Waals surface area contributed by atoms with Gasteiger partial charge in [0.2, 0.25) is 5.91 Å². The van der Waals surface area contributed by atoms with Gasteiger partial charge in [0, 0.05) is 37.7 Å². The lowest BCUT2D eigenvalue weighted by molar-refractivity contribution is -0.116. The second-order valence-corrected chi connectivity index (χ2v) is 10.5. The molecule has 0 saturated heterocycles. The van der Waals surface area contributed by atoms with Crippen LogP contribution >= 0.6 is 11.6 Å². The summed E-state index contributed by atoms with van der Waals surface area (Å²) in [7, 11) is 1.82. The lowest BCUT2D eigenvalue weighted by atomic mass is 9.77. The first-order valence-corrected chi connectivity index (χ1v) is 12.6. The summed E-state index contributed by atoms with van der Waals surface area (Å²) in [4.78, 5) is 31.1. The molecule has 10 nitrogen and oxygen atoms in total. The van der Waals surface area contributed by atoms with Crippen LogP contribution in [0.4, 0.5) is 11.5 Å². The van der Waals surface area contributed by atoms with Gasteiger partial charge in [-0.25, -0.2) is 4.98 Å². The summed E-state index contributed by atoms with van der Waals surface area (Å²) in [6.45, 7) is 10.3. The van der Waals surface area contributed by atoms with Gasteiger partial charge in [0.05, 0.1) is 10.7 Å². The van der Waals surface area contributed by atoms with Crippen LogP contribution in [0.2, 0.25) is 5.02 Å². The Morgan fingerprint density at radius 2 is 1.95 bits per heavy atom. The molecule has 0 bridgehead atoms. The summed E-state index contributed by atoms with van der Waals surface area (Å²) >= 11 is 6.52. The molecule has 0 unspecified atom stereocenters. The Morgan fingerprint density at radius 1 is 1.18 bits per heavy atom. The summed E-state index contributed by atoms with van der Waals surface area (Å²) in [6.07, 6.45) is 0.806. The number of aryl methyl sites for hydroxylation is 3. The van der Waals surface area contributed by atoms with Crippen LogP contribution in [0.3, 0.4) is 0 Å².